The molecule has 0 amide bonds. The van der Waals surface area contributed by atoms with Crippen LogP contribution in [0.1, 0.15) is 25.7 Å². The zero-order valence-electron chi connectivity index (χ0n) is 10.8. The number of thiazole rings is 1. The number of imidazole rings is 1. The molecule has 0 spiro atoms. The Morgan fingerprint density at radius 1 is 1.50 bits per heavy atom. The predicted molar refractivity (Wildman–Crippen MR) is 73.2 cm³/mol. The molecule has 8 heteroatoms. The van der Waals surface area contributed by atoms with Gasteiger partial charge in [0.1, 0.15) is 12.3 Å². The van der Waals surface area contributed by atoms with Gasteiger partial charge in [-0.05, 0) is 36.5 Å². The molecule has 0 unspecified atom stereocenters. The number of nitro groups is 1. The molecule has 0 aliphatic heterocycles. The highest BCUT2D eigenvalue weighted by Gasteiger charge is 2.29. The molecule has 1 N–H and O–H groups in total. The van der Waals surface area contributed by atoms with Gasteiger partial charge < -0.3 is 20.0 Å². The lowest BCUT2D eigenvalue weighted by Crippen LogP contribution is -2.25. The van der Waals surface area contributed by atoms with Gasteiger partial charge in [0.15, 0.2) is 0 Å². The molecule has 20 heavy (non-hydrogen) atoms. The fraction of sp³-hybridized carbons (Fsp3) is 0.583. The van der Waals surface area contributed by atoms with Gasteiger partial charge in [-0.2, -0.15) is 9.38 Å². The van der Waals surface area contributed by atoms with Gasteiger partial charge in [-0.15, -0.1) is 0 Å². The quantitative estimate of drug-likeness (QED) is 0.690. The van der Waals surface area contributed by atoms with E-state index < -0.39 is 4.92 Å². The van der Waals surface area contributed by atoms with Crippen molar-refractivity contribution in [3.8, 4) is 5.88 Å². The Labute approximate surface area is 119 Å². The van der Waals surface area contributed by atoms with Crippen molar-refractivity contribution in [2.24, 2.45) is 5.92 Å². The number of aromatic nitrogens is 2. The first kappa shape index (κ1) is 13.3. The summed E-state index contributed by atoms with van der Waals surface area (Å²) in [6.07, 6.45) is 4.94. The number of aliphatic hydroxyl groups excluding tert-OH is 1. The molecular formula is C12H15N3O4S. The molecule has 1 saturated carbocycles. The van der Waals surface area contributed by atoms with Crippen molar-refractivity contribution < 1.29 is 14.8 Å². The van der Waals surface area contributed by atoms with Crippen molar-refractivity contribution in [1.82, 2.24) is 9.38 Å². The van der Waals surface area contributed by atoms with Crippen LogP contribution in [-0.4, -0.2) is 32.1 Å². The van der Waals surface area contributed by atoms with E-state index in [0.717, 1.165) is 25.7 Å². The molecule has 3 rings (SSSR count). The van der Waals surface area contributed by atoms with Gasteiger partial charge in [0.25, 0.3) is 4.96 Å². The lowest BCUT2D eigenvalue weighted by atomic mass is 9.88. The second-order valence-electron chi connectivity index (χ2n) is 5.00. The van der Waals surface area contributed by atoms with Crippen molar-refractivity contribution in [3.05, 3.63) is 21.7 Å². The molecule has 7 nitrogen and oxygen atoms in total. The Bertz CT molecular complexity index is 615. The summed E-state index contributed by atoms with van der Waals surface area (Å²) in [6.45, 7) is 0.201. The molecule has 0 saturated heterocycles. The van der Waals surface area contributed by atoms with Crippen LogP contribution in [0.3, 0.4) is 0 Å². The number of nitrogens with zero attached hydrogens (tertiary/aromatic N) is 3. The first-order valence-electron chi connectivity index (χ1n) is 6.56. The van der Waals surface area contributed by atoms with E-state index in [1.165, 1.54) is 15.7 Å². The van der Waals surface area contributed by atoms with Crippen LogP contribution in [-0.2, 0) is 0 Å². The maximum Gasteiger partial charge on any atom is 0.393 e. The van der Waals surface area contributed by atoms with Crippen LogP contribution < -0.4 is 4.74 Å². The van der Waals surface area contributed by atoms with Crippen molar-refractivity contribution in [2.75, 3.05) is 6.61 Å². The van der Waals surface area contributed by atoms with Gasteiger partial charge in [-0.25, -0.2) is 0 Å². The molecule has 1 aliphatic rings. The highest BCUT2D eigenvalue weighted by atomic mass is 32.1. The fourth-order valence-corrected chi connectivity index (χ4v) is 3.29. The SMILES string of the molecule is O=[N+]([O-])c1c(OC2CCC(CO)CC2)nc2sccn12. The van der Waals surface area contributed by atoms with E-state index in [1.54, 1.807) is 11.6 Å². The van der Waals surface area contributed by atoms with Crippen molar-refractivity contribution in [1.29, 1.82) is 0 Å². The van der Waals surface area contributed by atoms with E-state index in [2.05, 4.69) is 4.98 Å². The fourth-order valence-electron chi connectivity index (χ4n) is 2.59. The van der Waals surface area contributed by atoms with Crippen LogP contribution in [0, 0.1) is 16.0 Å². The number of hydrogen-bond acceptors (Lipinski definition) is 6. The summed E-state index contributed by atoms with van der Waals surface area (Å²) in [5.74, 6) is 0.329. The first-order chi connectivity index (χ1) is 9.69. The molecule has 2 aromatic heterocycles. The molecule has 0 radical (unpaired) electrons. The lowest BCUT2D eigenvalue weighted by Gasteiger charge is -2.26. The summed E-state index contributed by atoms with van der Waals surface area (Å²) in [7, 11) is 0. The normalized spacial score (nSPS) is 23.1. The highest BCUT2D eigenvalue weighted by molar-refractivity contribution is 7.15. The zero-order chi connectivity index (χ0) is 14.1. The maximum atomic E-state index is 11.2. The van der Waals surface area contributed by atoms with Gasteiger partial charge in [0, 0.05) is 12.0 Å². The highest BCUT2D eigenvalue weighted by Crippen LogP contribution is 2.33. The Balaban J connectivity index is 1.79. The maximum absolute atomic E-state index is 11.2. The number of fused-ring (bicyclic) bond motifs is 1. The summed E-state index contributed by atoms with van der Waals surface area (Å²) in [5.41, 5.74) is 0. The van der Waals surface area contributed by atoms with E-state index in [9.17, 15) is 10.1 Å². The number of rotatable bonds is 4. The average Bonchev–Trinajstić information content (AvgIpc) is 2.99. The lowest BCUT2D eigenvalue weighted by molar-refractivity contribution is -0.391. The third-order valence-electron chi connectivity index (χ3n) is 3.71. The van der Waals surface area contributed by atoms with Gasteiger partial charge in [-0.1, -0.05) is 11.3 Å². The minimum atomic E-state index is -0.457. The molecule has 2 aromatic rings. The van der Waals surface area contributed by atoms with E-state index in [1.807, 2.05) is 0 Å². The second kappa shape index (κ2) is 5.37. The van der Waals surface area contributed by atoms with Gasteiger partial charge in [0.05, 0.1) is 0 Å². The second-order valence-corrected chi connectivity index (χ2v) is 5.87. The molecule has 0 bridgehead atoms. The number of hydrogen-bond donors (Lipinski definition) is 1. The summed E-state index contributed by atoms with van der Waals surface area (Å²) in [6, 6.07) is 0. The molecular weight excluding hydrogens is 282 g/mol. The van der Waals surface area contributed by atoms with E-state index in [-0.39, 0.29) is 24.4 Å². The number of aliphatic hydroxyl groups is 1. The summed E-state index contributed by atoms with van der Waals surface area (Å²) < 4.78 is 7.18. The number of ether oxygens (including phenoxy) is 1. The van der Waals surface area contributed by atoms with Crippen LogP contribution >= 0.6 is 11.3 Å². The molecule has 1 aliphatic carbocycles. The average molecular weight is 297 g/mol. The van der Waals surface area contributed by atoms with E-state index >= 15 is 0 Å². The van der Waals surface area contributed by atoms with Crippen LogP contribution in [0.25, 0.3) is 4.96 Å². The first-order valence-corrected chi connectivity index (χ1v) is 7.44. The molecule has 2 heterocycles. The summed E-state index contributed by atoms with van der Waals surface area (Å²) in [5, 5.41) is 22.0. The predicted octanol–water partition coefficient (Wildman–Crippen LogP) is 2.23. The summed E-state index contributed by atoms with van der Waals surface area (Å²) >= 11 is 1.34. The van der Waals surface area contributed by atoms with Crippen molar-refractivity contribution >= 4 is 22.1 Å². The van der Waals surface area contributed by atoms with Gasteiger partial charge in [0.2, 0.25) is 0 Å². The molecule has 0 aromatic carbocycles. The minimum absolute atomic E-state index is 0.0545. The Morgan fingerprint density at radius 2 is 2.25 bits per heavy atom. The topological polar surface area (TPSA) is 89.9 Å². The van der Waals surface area contributed by atoms with Gasteiger partial charge >= 0.3 is 11.7 Å². The molecule has 1 fully saturated rings. The standard InChI is InChI=1S/C12H15N3O4S/c16-7-8-1-3-9(4-2-8)19-10-11(15(17)18)14-5-6-20-12(14)13-10/h5-6,8-9,16H,1-4,7H2. The van der Waals surface area contributed by atoms with Crippen LogP contribution in [0.2, 0.25) is 0 Å². The Kier molecular flexibility index (Phi) is 3.58. The van der Waals surface area contributed by atoms with Crippen LogP contribution in [0.4, 0.5) is 5.82 Å². The Morgan fingerprint density at radius 3 is 2.90 bits per heavy atom. The van der Waals surface area contributed by atoms with Crippen molar-refractivity contribution in [3.63, 3.8) is 0 Å². The van der Waals surface area contributed by atoms with Crippen molar-refractivity contribution in [2.45, 2.75) is 31.8 Å². The molecule has 108 valence electrons. The van der Waals surface area contributed by atoms with Gasteiger partial charge in [-0.3, -0.25) is 0 Å². The largest absolute Gasteiger partial charge is 0.468 e. The third-order valence-corrected chi connectivity index (χ3v) is 4.47. The molecule has 0 atom stereocenters. The van der Waals surface area contributed by atoms with E-state index in [0.29, 0.717) is 10.9 Å². The zero-order valence-corrected chi connectivity index (χ0v) is 11.6. The third kappa shape index (κ3) is 2.36. The smallest absolute Gasteiger partial charge is 0.393 e. The van der Waals surface area contributed by atoms with Crippen LogP contribution in [0.5, 0.6) is 5.88 Å². The van der Waals surface area contributed by atoms with E-state index in [4.69, 9.17) is 9.84 Å². The summed E-state index contributed by atoms with van der Waals surface area (Å²) in [4.78, 5) is 15.5. The monoisotopic (exact) mass is 297 g/mol. The van der Waals surface area contributed by atoms with Crippen LogP contribution in [0.15, 0.2) is 11.6 Å². The Hall–Kier alpha value is -1.67. The minimum Gasteiger partial charge on any atom is -0.468 e.